The highest BCUT2D eigenvalue weighted by Gasteiger charge is 2.66. The fourth-order valence-electron chi connectivity index (χ4n) is 3.57. The molecule has 3 rings (SSSR count). The summed E-state index contributed by atoms with van der Waals surface area (Å²) < 4.78 is 6.56. The highest BCUT2D eigenvalue weighted by molar-refractivity contribution is 5.17. The van der Waals surface area contributed by atoms with Gasteiger partial charge in [0.15, 0.2) is 0 Å². The second kappa shape index (κ2) is 2.98. The molecule has 2 heteroatoms. The molecular formula is C13H23NO. The van der Waals surface area contributed by atoms with Gasteiger partial charge in [-0.25, -0.2) is 0 Å². The molecule has 2 aliphatic carbocycles. The number of hydrogen-bond acceptors (Lipinski definition) is 2. The highest BCUT2D eigenvalue weighted by Crippen LogP contribution is 2.65. The minimum atomic E-state index is -0.00569. The molecule has 15 heavy (non-hydrogen) atoms. The largest absolute Gasteiger partial charge is 0.354 e. The Labute approximate surface area is 92.8 Å². The summed E-state index contributed by atoms with van der Waals surface area (Å²) in [6.07, 6.45) is 8.99. The molecule has 2 nitrogen and oxygen atoms in total. The molecule has 0 aromatic carbocycles. The van der Waals surface area contributed by atoms with E-state index in [0.29, 0.717) is 5.41 Å². The molecule has 0 radical (unpaired) electrons. The molecule has 0 amide bonds. The number of fused-ring (bicyclic) bond motifs is 1. The van der Waals surface area contributed by atoms with Crippen molar-refractivity contribution in [1.82, 2.24) is 5.32 Å². The van der Waals surface area contributed by atoms with Crippen molar-refractivity contribution in [2.24, 2.45) is 5.41 Å². The van der Waals surface area contributed by atoms with Crippen LogP contribution < -0.4 is 5.32 Å². The number of hydrogen-bond donors (Lipinski definition) is 1. The molecule has 2 spiro atoms. The van der Waals surface area contributed by atoms with Gasteiger partial charge in [-0.05, 0) is 44.9 Å². The van der Waals surface area contributed by atoms with Gasteiger partial charge in [0.25, 0.3) is 0 Å². The van der Waals surface area contributed by atoms with E-state index >= 15 is 0 Å². The topological polar surface area (TPSA) is 21.3 Å². The van der Waals surface area contributed by atoms with Crippen LogP contribution in [0.4, 0.5) is 0 Å². The Morgan fingerprint density at radius 3 is 2.13 bits per heavy atom. The van der Waals surface area contributed by atoms with Gasteiger partial charge in [0.05, 0.1) is 5.60 Å². The Kier molecular flexibility index (Phi) is 2.01. The molecule has 1 saturated heterocycles. The lowest BCUT2D eigenvalue weighted by atomic mass is 9.67. The maximum absolute atomic E-state index is 6.56. The maximum Gasteiger partial charge on any atom is 0.119 e. The van der Waals surface area contributed by atoms with Gasteiger partial charge >= 0.3 is 0 Å². The zero-order chi connectivity index (χ0) is 10.6. The smallest absolute Gasteiger partial charge is 0.119 e. The standard InChI is InChI=1S/C13H23NO/c1-3-13(4-2)14-10-11(8-9-11)12(15-13)6-5-7-12/h14H,3-10H2,1-2H3. The average molecular weight is 209 g/mol. The summed E-state index contributed by atoms with van der Waals surface area (Å²) in [5.41, 5.74) is 0.817. The molecule has 0 bridgehead atoms. The zero-order valence-corrected chi connectivity index (χ0v) is 10.1. The number of ether oxygens (including phenoxy) is 1. The van der Waals surface area contributed by atoms with E-state index in [0.717, 1.165) is 12.8 Å². The SMILES string of the molecule is CCC1(CC)NCC2(CC2)C2(CCC2)O1. The summed E-state index contributed by atoms with van der Waals surface area (Å²) in [6.45, 7) is 5.69. The van der Waals surface area contributed by atoms with Crippen LogP contribution in [0.1, 0.15) is 58.8 Å². The van der Waals surface area contributed by atoms with Crippen LogP contribution >= 0.6 is 0 Å². The fraction of sp³-hybridized carbons (Fsp3) is 1.00. The molecule has 0 unspecified atom stereocenters. The first-order valence-corrected chi connectivity index (χ1v) is 6.65. The van der Waals surface area contributed by atoms with Crippen molar-refractivity contribution >= 4 is 0 Å². The van der Waals surface area contributed by atoms with Gasteiger partial charge in [-0.1, -0.05) is 13.8 Å². The van der Waals surface area contributed by atoms with E-state index in [1.165, 1.54) is 38.6 Å². The normalized spacial score (nSPS) is 34.0. The summed E-state index contributed by atoms with van der Waals surface area (Å²) in [7, 11) is 0. The zero-order valence-electron chi connectivity index (χ0n) is 10.1. The van der Waals surface area contributed by atoms with E-state index < -0.39 is 0 Å². The van der Waals surface area contributed by atoms with E-state index in [1.54, 1.807) is 0 Å². The summed E-state index contributed by atoms with van der Waals surface area (Å²) in [5.74, 6) is 0. The first kappa shape index (κ1) is 10.1. The second-order valence-corrected chi connectivity index (χ2v) is 5.79. The molecule has 3 fully saturated rings. The summed E-state index contributed by atoms with van der Waals surface area (Å²) in [5, 5.41) is 3.69. The van der Waals surface area contributed by atoms with Crippen LogP contribution in [0, 0.1) is 5.41 Å². The molecule has 0 aromatic rings. The lowest BCUT2D eigenvalue weighted by Gasteiger charge is -2.58. The van der Waals surface area contributed by atoms with Gasteiger partial charge in [0, 0.05) is 12.0 Å². The van der Waals surface area contributed by atoms with E-state index in [4.69, 9.17) is 4.74 Å². The lowest BCUT2D eigenvalue weighted by Crippen LogP contribution is -2.67. The van der Waals surface area contributed by atoms with Gasteiger partial charge in [-0.2, -0.15) is 0 Å². The number of rotatable bonds is 2. The van der Waals surface area contributed by atoms with Gasteiger partial charge in [0.1, 0.15) is 5.72 Å². The quantitative estimate of drug-likeness (QED) is 0.755. The first-order valence-electron chi connectivity index (χ1n) is 6.65. The molecule has 1 heterocycles. The molecule has 1 N–H and O–H groups in total. The van der Waals surface area contributed by atoms with Crippen molar-refractivity contribution in [1.29, 1.82) is 0 Å². The van der Waals surface area contributed by atoms with E-state index in [-0.39, 0.29) is 11.3 Å². The monoisotopic (exact) mass is 209 g/mol. The Balaban J connectivity index is 1.84. The van der Waals surface area contributed by atoms with Gasteiger partial charge in [-0.3, -0.25) is 5.32 Å². The van der Waals surface area contributed by atoms with E-state index in [2.05, 4.69) is 19.2 Å². The van der Waals surface area contributed by atoms with Crippen molar-refractivity contribution in [3.05, 3.63) is 0 Å². The lowest BCUT2D eigenvalue weighted by molar-refractivity contribution is -0.267. The molecule has 2 saturated carbocycles. The van der Waals surface area contributed by atoms with Crippen molar-refractivity contribution in [2.45, 2.75) is 70.1 Å². The van der Waals surface area contributed by atoms with Gasteiger partial charge in [-0.15, -0.1) is 0 Å². The van der Waals surface area contributed by atoms with Crippen molar-refractivity contribution in [3.63, 3.8) is 0 Å². The molecule has 0 atom stereocenters. The number of nitrogens with one attached hydrogen (secondary N) is 1. The van der Waals surface area contributed by atoms with Crippen molar-refractivity contribution < 1.29 is 4.74 Å². The third kappa shape index (κ3) is 1.18. The van der Waals surface area contributed by atoms with Gasteiger partial charge in [0.2, 0.25) is 0 Å². The predicted octanol–water partition coefficient (Wildman–Crippen LogP) is 2.83. The first-order chi connectivity index (χ1) is 7.20. The van der Waals surface area contributed by atoms with Crippen LogP contribution in [-0.4, -0.2) is 17.9 Å². The van der Waals surface area contributed by atoms with Crippen LogP contribution in [0.25, 0.3) is 0 Å². The summed E-state index contributed by atoms with van der Waals surface area (Å²) in [4.78, 5) is 0. The van der Waals surface area contributed by atoms with Crippen molar-refractivity contribution in [2.75, 3.05) is 6.54 Å². The molecule has 3 aliphatic rings. The van der Waals surface area contributed by atoms with Gasteiger partial charge < -0.3 is 4.74 Å². The predicted molar refractivity (Wildman–Crippen MR) is 60.6 cm³/mol. The molecule has 86 valence electrons. The van der Waals surface area contributed by atoms with Crippen LogP contribution in [0.2, 0.25) is 0 Å². The third-order valence-electron chi connectivity index (χ3n) is 5.26. The van der Waals surface area contributed by atoms with Crippen LogP contribution in [-0.2, 0) is 4.74 Å². The molecule has 0 aromatic heterocycles. The highest BCUT2D eigenvalue weighted by atomic mass is 16.5. The average Bonchev–Trinajstić information content (AvgIpc) is 2.99. The van der Waals surface area contributed by atoms with Crippen molar-refractivity contribution in [3.8, 4) is 0 Å². The molecular weight excluding hydrogens is 186 g/mol. The second-order valence-electron chi connectivity index (χ2n) is 5.79. The molecule has 1 aliphatic heterocycles. The minimum Gasteiger partial charge on any atom is -0.354 e. The fourth-order valence-corrected chi connectivity index (χ4v) is 3.57. The van der Waals surface area contributed by atoms with Crippen LogP contribution in [0.3, 0.4) is 0 Å². The Bertz CT molecular complexity index is 262. The Morgan fingerprint density at radius 2 is 1.73 bits per heavy atom. The summed E-state index contributed by atoms with van der Waals surface area (Å²) >= 11 is 0. The maximum atomic E-state index is 6.56. The van der Waals surface area contributed by atoms with E-state index in [9.17, 15) is 0 Å². The van der Waals surface area contributed by atoms with Crippen LogP contribution in [0.5, 0.6) is 0 Å². The Morgan fingerprint density at radius 1 is 1.07 bits per heavy atom. The van der Waals surface area contributed by atoms with E-state index in [1.807, 2.05) is 0 Å². The third-order valence-corrected chi connectivity index (χ3v) is 5.26. The van der Waals surface area contributed by atoms with Crippen LogP contribution in [0.15, 0.2) is 0 Å². The Hall–Kier alpha value is -0.0800. The summed E-state index contributed by atoms with van der Waals surface area (Å²) in [6, 6.07) is 0. The minimum absolute atomic E-state index is 0.00569.